The molecule has 0 spiro atoms. The van der Waals surface area contributed by atoms with Crippen LogP contribution in [0, 0.1) is 5.92 Å². The third-order valence-electron chi connectivity index (χ3n) is 7.19. The molecular weight excluding hydrogens is 456 g/mol. The number of hydrogen-bond donors (Lipinski definition) is 1. The third kappa shape index (κ3) is 6.32. The molecule has 1 N–H and O–H groups in total. The first-order valence-corrected chi connectivity index (χ1v) is 12.3. The van der Waals surface area contributed by atoms with Crippen LogP contribution < -0.4 is 4.90 Å². The van der Waals surface area contributed by atoms with E-state index in [0.717, 1.165) is 61.3 Å². The molecule has 0 saturated carbocycles. The van der Waals surface area contributed by atoms with Gasteiger partial charge in [-0.2, -0.15) is 0 Å². The van der Waals surface area contributed by atoms with Gasteiger partial charge in [-0.15, -0.1) is 12.4 Å². The number of halogens is 1. The highest BCUT2D eigenvalue weighted by molar-refractivity contribution is 5.96. The summed E-state index contributed by atoms with van der Waals surface area (Å²) in [6, 6.07) is 28.0. The fourth-order valence-electron chi connectivity index (χ4n) is 5.15. The van der Waals surface area contributed by atoms with Crippen LogP contribution in [-0.4, -0.2) is 49.5 Å². The second-order valence-corrected chi connectivity index (χ2v) is 9.58. The molecule has 4 rings (SSSR count). The highest BCUT2D eigenvalue weighted by Crippen LogP contribution is 2.41. The van der Waals surface area contributed by atoms with Gasteiger partial charge in [0.15, 0.2) is 5.78 Å². The Kier molecular flexibility index (Phi) is 9.50. The second-order valence-electron chi connectivity index (χ2n) is 9.58. The summed E-state index contributed by atoms with van der Waals surface area (Å²) in [4.78, 5) is 17.1. The number of ketones is 1. The van der Waals surface area contributed by atoms with Crippen LogP contribution in [0.25, 0.3) is 0 Å². The first kappa shape index (κ1) is 26.9. The molecule has 4 nitrogen and oxygen atoms in total. The Morgan fingerprint density at radius 3 is 1.89 bits per heavy atom. The number of anilines is 1. The highest BCUT2D eigenvalue weighted by atomic mass is 35.5. The lowest BCUT2D eigenvalue weighted by atomic mass is 9.72. The third-order valence-corrected chi connectivity index (χ3v) is 7.19. The van der Waals surface area contributed by atoms with Gasteiger partial charge in [-0.1, -0.05) is 60.7 Å². The minimum absolute atomic E-state index is 0. The number of benzene rings is 3. The van der Waals surface area contributed by atoms with Gasteiger partial charge < -0.3 is 14.9 Å². The number of Topliss-reactive ketones (excluding diaryl/α,β-unsaturated/α-hetero) is 1. The lowest BCUT2D eigenvalue weighted by Gasteiger charge is -2.42. The van der Waals surface area contributed by atoms with E-state index in [-0.39, 0.29) is 24.1 Å². The zero-order chi connectivity index (χ0) is 24.0. The van der Waals surface area contributed by atoms with Gasteiger partial charge in [0.05, 0.1) is 0 Å². The van der Waals surface area contributed by atoms with E-state index in [4.69, 9.17) is 0 Å². The molecule has 0 amide bonds. The summed E-state index contributed by atoms with van der Waals surface area (Å²) in [5, 5.41) is 12.0. The lowest BCUT2D eigenvalue weighted by Crippen LogP contribution is -2.44. The standard InChI is InChI=1S/C30H36N2O2.ClH/c1-31(2)28-17-15-24(16-18-28)29(33)14-9-21-32-22-19-27(20-23-32)30(34,25-10-5-3-6-11-25)26-12-7-4-8-13-26;/h3-8,10-13,15-18,27,34H,9,14,19-23H2,1-2H3;1H. The number of carbonyl (C=O) groups excluding carboxylic acids is 1. The topological polar surface area (TPSA) is 43.8 Å². The van der Waals surface area contributed by atoms with E-state index in [1.54, 1.807) is 0 Å². The van der Waals surface area contributed by atoms with E-state index >= 15 is 0 Å². The van der Waals surface area contributed by atoms with Crippen molar-refractivity contribution >= 4 is 23.9 Å². The molecule has 35 heavy (non-hydrogen) atoms. The van der Waals surface area contributed by atoms with Crippen LogP contribution in [0.1, 0.15) is 47.2 Å². The van der Waals surface area contributed by atoms with Crippen molar-refractivity contribution in [2.75, 3.05) is 38.6 Å². The molecule has 0 atom stereocenters. The number of hydrogen-bond acceptors (Lipinski definition) is 4. The summed E-state index contributed by atoms with van der Waals surface area (Å²) in [6.07, 6.45) is 3.29. The molecule has 1 heterocycles. The van der Waals surface area contributed by atoms with Crippen molar-refractivity contribution in [3.05, 3.63) is 102 Å². The van der Waals surface area contributed by atoms with Crippen molar-refractivity contribution < 1.29 is 9.90 Å². The fraction of sp³-hybridized carbons (Fsp3) is 0.367. The van der Waals surface area contributed by atoms with Crippen LogP contribution in [0.15, 0.2) is 84.9 Å². The minimum Gasteiger partial charge on any atom is -0.380 e. The Balaban J connectivity index is 0.00000342. The smallest absolute Gasteiger partial charge is 0.162 e. The molecule has 3 aromatic rings. The van der Waals surface area contributed by atoms with Crippen LogP contribution in [0.5, 0.6) is 0 Å². The summed E-state index contributed by atoms with van der Waals surface area (Å²) in [5.74, 6) is 0.369. The summed E-state index contributed by atoms with van der Waals surface area (Å²) in [7, 11) is 4.00. The number of nitrogens with zero attached hydrogens (tertiary/aromatic N) is 2. The first-order valence-electron chi connectivity index (χ1n) is 12.3. The number of carbonyl (C=O) groups is 1. The maximum Gasteiger partial charge on any atom is 0.162 e. The van der Waals surface area contributed by atoms with Crippen molar-refractivity contribution in [1.82, 2.24) is 4.90 Å². The van der Waals surface area contributed by atoms with Gasteiger partial charge in [0.1, 0.15) is 5.60 Å². The summed E-state index contributed by atoms with van der Waals surface area (Å²) < 4.78 is 0. The van der Waals surface area contributed by atoms with Gasteiger partial charge in [0.25, 0.3) is 0 Å². The van der Waals surface area contributed by atoms with Crippen molar-refractivity contribution in [3.63, 3.8) is 0 Å². The monoisotopic (exact) mass is 492 g/mol. The SMILES string of the molecule is CN(C)c1ccc(C(=O)CCCN2CCC(C(O)(c3ccccc3)c3ccccc3)CC2)cc1.Cl. The van der Waals surface area contributed by atoms with Crippen molar-refractivity contribution in [1.29, 1.82) is 0 Å². The molecule has 0 aromatic heterocycles. The molecular formula is C30H37ClN2O2. The minimum atomic E-state index is -0.983. The Morgan fingerprint density at radius 2 is 1.40 bits per heavy atom. The lowest BCUT2D eigenvalue weighted by molar-refractivity contribution is -0.0142. The van der Waals surface area contributed by atoms with Crippen LogP contribution in [-0.2, 0) is 5.60 Å². The van der Waals surface area contributed by atoms with E-state index in [0.29, 0.717) is 6.42 Å². The molecule has 0 aliphatic carbocycles. The zero-order valence-corrected chi connectivity index (χ0v) is 21.6. The summed E-state index contributed by atoms with van der Waals surface area (Å²) in [5.41, 5.74) is 2.84. The van der Waals surface area contributed by atoms with E-state index in [2.05, 4.69) is 4.90 Å². The van der Waals surface area contributed by atoms with Crippen LogP contribution in [0.2, 0.25) is 0 Å². The maximum absolute atomic E-state index is 12.6. The molecule has 0 radical (unpaired) electrons. The molecule has 186 valence electrons. The van der Waals surface area contributed by atoms with Gasteiger partial charge >= 0.3 is 0 Å². The number of piperidine rings is 1. The molecule has 1 saturated heterocycles. The Morgan fingerprint density at radius 1 is 0.886 bits per heavy atom. The Labute approximate surface area is 216 Å². The zero-order valence-electron chi connectivity index (χ0n) is 20.8. The van der Waals surface area contributed by atoms with E-state index < -0.39 is 5.60 Å². The summed E-state index contributed by atoms with van der Waals surface area (Å²) in [6.45, 7) is 2.81. The maximum atomic E-state index is 12.6. The first-order chi connectivity index (χ1) is 16.5. The Bertz CT molecular complexity index is 1010. The fourth-order valence-corrected chi connectivity index (χ4v) is 5.15. The van der Waals surface area contributed by atoms with Gasteiger partial charge in [-0.05, 0) is 80.2 Å². The highest BCUT2D eigenvalue weighted by Gasteiger charge is 2.41. The summed E-state index contributed by atoms with van der Waals surface area (Å²) >= 11 is 0. The molecule has 0 unspecified atom stereocenters. The normalized spacial score (nSPS) is 14.8. The number of likely N-dealkylation sites (tertiary alicyclic amines) is 1. The van der Waals surface area contributed by atoms with Gasteiger partial charge in [-0.3, -0.25) is 4.79 Å². The Hall–Kier alpha value is -2.66. The second kappa shape index (κ2) is 12.3. The quantitative estimate of drug-likeness (QED) is 0.384. The van der Waals surface area contributed by atoms with Crippen molar-refractivity contribution in [3.8, 4) is 0 Å². The molecule has 1 fully saturated rings. The molecule has 1 aliphatic rings. The molecule has 1 aliphatic heterocycles. The van der Waals surface area contributed by atoms with Crippen LogP contribution in [0.3, 0.4) is 0 Å². The largest absolute Gasteiger partial charge is 0.380 e. The molecule has 3 aromatic carbocycles. The molecule has 0 bridgehead atoms. The number of aliphatic hydroxyl groups is 1. The molecule has 5 heteroatoms. The predicted molar refractivity (Wildman–Crippen MR) is 147 cm³/mol. The van der Waals surface area contributed by atoms with E-state index in [1.807, 2.05) is 104 Å². The average molecular weight is 493 g/mol. The van der Waals surface area contributed by atoms with E-state index in [9.17, 15) is 9.90 Å². The van der Waals surface area contributed by atoms with Crippen molar-refractivity contribution in [2.24, 2.45) is 5.92 Å². The van der Waals surface area contributed by atoms with E-state index in [1.165, 1.54) is 0 Å². The predicted octanol–water partition coefficient (Wildman–Crippen LogP) is 5.79. The van der Waals surface area contributed by atoms with Crippen LogP contribution >= 0.6 is 12.4 Å². The van der Waals surface area contributed by atoms with Gasteiger partial charge in [0.2, 0.25) is 0 Å². The average Bonchev–Trinajstić information content (AvgIpc) is 2.89. The van der Waals surface area contributed by atoms with Gasteiger partial charge in [-0.25, -0.2) is 0 Å². The van der Waals surface area contributed by atoms with Crippen molar-refractivity contribution in [2.45, 2.75) is 31.3 Å². The van der Waals surface area contributed by atoms with Crippen LogP contribution in [0.4, 0.5) is 5.69 Å². The number of rotatable bonds is 9. The van der Waals surface area contributed by atoms with Gasteiger partial charge in [0, 0.05) is 31.8 Å².